The van der Waals surface area contributed by atoms with E-state index in [0.717, 1.165) is 12.8 Å². The van der Waals surface area contributed by atoms with Crippen molar-refractivity contribution in [1.29, 1.82) is 0 Å². The Morgan fingerprint density at radius 2 is 0.727 bits per heavy atom. The maximum Gasteiger partial charge on any atom is -0.00960 e. The summed E-state index contributed by atoms with van der Waals surface area (Å²) in [7, 11) is 0. The molecule has 8 aromatic carbocycles. The summed E-state index contributed by atoms with van der Waals surface area (Å²) >= 11 is 0. The molecule has 0 aromatic heterocycles. The topological polar surface area (TPSA) is 0 Å². The molecule has 0 heterocycles. The van der Waals surface area contributed by atoms with Crippen LogP contribution < -0.4 is 0 Å². The van der Waals surface area contributed by atoms with Gasteiger partial charge in [-0.25, -0.2) is 0 Å². The van der Waals surface area contributed by atoms with Crippen molar-refractivity contribution in [2.75, 3.05) is 0 Å². The highest BCUT2D eigenvalue weighted by Crippen LogP contribution is 2.42. The van der Waals surface area contributed by atoms with Crippen molar-refractivity contribution in [3.8, 4) is 11.1 Å². The van der Waals surface area contributed by atoms with Gasteiger partial charge in [0, 0.05) is 0 Å². The van der Waals surface area contributed by atoms with E-state index in [4.69, 9.17) is 0 Å². The van der Waals surface area contributed by atoms with Crippen LogP contribution in [0.4, 0.5) is 0 Å². The first kappa shape index (κ1) is 26.9. The number of benzene rings is 8. The van der Waals surface area contributed by atoms with Gasteiger partial charge in [-0.3, -0.25) is 0 Å². The molecule has 0 N–H and O–H groups in total. The molecule has 0 amide bonds. The summed E-state index contributed by atoms with van der Waals surface area (Å²) in [5, 5.41) is 16.2. The number of fused-ring (bicyclic) bond motifs is 8. The molecule has 8 aromatic rings. The van der Waals surface area contributed by atoms with Crippen molar-refractivity contribution in [2.45, 2.75) is 40.5 Å². The molecule has 0 heteroatoms. The van der Waals surface area contributed by atoms with Gasteiger partial charge in [0.2, 0.25) is 0 Å². The van der Waals surface area contributed by atoms with Gasteiger partial charge in [-0.05, 0) is 124 Å². The molecule has 0 fully saturated rings. The van der Waals surface area contributed by atoms with E-state index in [1.54, 1.807) is 0 Å². The Hall–Kier alpha value is -4.68. The maximum atomic E-state index is 2.42. The number of rotatable bonds is 5. The quantitative estimate of drug-likeness (QED) is 0.144. The van der Waals surface area contributed by atoms with Crippen LogP contribution in [0, 0.1) is 11.8 Å². The molecular weight excluding hydrogens is 528 g/mol. The molecule has 214 valence electrons. The van der Waals surface area contributed by atoms with Crippen LogP contribution in [-0.2, 0) is 12.8 Å². The minimum Gasteiger partial charge on any atom is -0.0625 e. The Morgan fingerprint density at radius 1 is 0.341 bits per heavy atom. The van der Waals surface area contributed by atoms with Crippen LogP contribution in [0.2, 0.25) is 0 Å². The Morgan fingerprint density at radius 3 is 1.16 bits per heavy atom. The van der Waals surface area contributed by atoms with E-state index in [0.29, 0.717) is 11.8 Å². The highest BCUT2D eigenvalue weighted by Gasteiger charge is 2.16. The second kappa shape index (κ2) is 10.5. The molecule has 44 heavy (non-hydrogen) atoms. The molecule has 0 radical (unpaired) electrons. The number of hydrogen-bond acceptors (Lipinski definition) is 0. The molecule has 0 atom stereocenters. The zero-order chi connectivity index (χ0) is 29.9. The third kappa shape index (κ3) is 4.27. The second-order valence-corrected chi connectivity index (χ2v) is 13.5. The molecule has 0 bridgehead atoms. The fourth-order valence-electron chi connectivity index (χ4n) is 7.72. The summed E-state index contributed by atoms with van der Waals surface area (Å²) in [4.78, 5) is 0. The van der Waals surface area contributed by atoms with Crippen molar-refractivity contribution >= 4 is 64.6 Å². The Balaban J connectivity index is 1.41. The molecule has 0 saturated carbocycles. The molecule has 0 saturated heterocycles. The first-order valence-corrected chi connectivity index (χ1v) is 16.2. The van der Waals surface area contributed by atoms with Crippen LogP contribution in [0.15, 0.2) is 121 Å². The predicted octanol–water partition coefficient (Wildman–Crippen LogP) is 12.7. The van der Waals surface area contributed by atoms with E-state index in [2.05, 4.69) is 149 Å². The molecule has 0 nitrogen and oxygen atoms in total. The SMILES string of the molecule is CC(C)Cc1c2ccccc2cc2c1ccc1c(-c3cccc4c3ccc3c(CC(C)C)c5ccccc5cc34)cccc12. The smallest absolute Gasteiger partial charge is 0.00960 e. The van der Waals surface area contributed by atoms with Crippen molar-refractivity contribution in [3.05, 3.63) is 132 Å². The van der Waals surface area contributed by atoms with Gasteiger partial charge in [-0.15, -0.1) is 0 Å². The summed E-state index contributed by atoms with van der Waals surface area (Å²) in [5.41, 5.74) is 5.55. The maximum absolute atomic E-state index is 2.42. The van der Waals surface area contributed by atoms with E-state index in [9.17, 15) is 0 Å². The van der Waals surface area contributed by atoms with Gasteiger partial charge >= 0.3 is 0 Å². The first-order chi connectivity index (χ1) is 21.5. The largest absolute Gasteiger partial charge is 0.0625 e. The van der Waals surface area contributed by atoms with Crippen LogP contribution in [0.5, 0.6) is 0 Å². The lowest BCUT2D eigenvalue weighted by Gasteiger charge is -2.18. The van der Waals surface area contributed by atoms with Crippen molar-refractivity contribution in [2.24, 2.45) is 11.8 Å². The van der Waals surface area contributed by atoms with Crippen LogP contribution in [0.25, 0.3) is 75.8 Å². The summed E-state index contributed by atoms with van der Waals surface area (Å²) in [5.74, 6) is 1.18. The van der Waals surface area contributed by atoms with Gasteiger partial charge in [0.1, 0.15) is 0 Å². The minimum absolute atomic E-state index is 0.592. The molecule has 0 spiro atoms. The summed E-state index contributed by atoms with van der Waals surface area (Å²) < 4.78 is 0. The lowest BCUT2D eigenvalue weighted by Crippen LogP contribution is -1.98. The normalized spacial score (nSPS) is 12.2. The molecule has 0 aliphatic carbocycles. The van der Waals surface area contributed by atoms with Gasteiger partial charge in [-0.2, -0.15) is 0 Å². The molecule has 0 aliphatic heterocycles. The van der Waals surface area contributed by atoms with Crippen LogP contribution in [0.3, 0.4) is 0 Å². The van der Waals surface area contributed by atoms with E-state index in [-0.39, 0.29) is 0 Å². The molecule has 0 aliphatic rings. The second-order valence-electron chi connectivity index (χ2n) is 13.5. The van der Waals surface area contributed by atoms with Gasteiger partial charge in [-0.1, -0.05) is 137 Å². The molecular formula is C44H38. The lowest BCUT2D eigenvalue weighted by molar-refractivity contribution is 0.653. The first-order valence-electron chi connectivity index (χ1n) is 16.2. The zero-order valence-electron chi connectivity index (χ0n) is 26.1. The minimum atomic E-state index is 0.592. The van der Waals surface area contributed by atoms with Crippen LogP contribution >= 0.6 is 0 Å². The predicted molar refractivity (Wildman–Crippen MR) is 194 cm³/mol. The Bertz CT molecular complexity index is 2220. The zero-order valence-corrected chi connectivity index (χ0v) is 26.1. The molecule has 8 rings (SSSR count). The average molecular weight is 567 g/mol. The van der Waals surface area contributed by atoms with Gasteiger partial charge < -0.3 is 0 Å². The van der Waals surface area contributed by atoms with E-state index < -0.39 is 0 Å². The van der Waals surface area contributed by atoms with E-state index in [1.807, 2.05) is 0 Å². The van der Waals surface area contributed by atoms with Gasteiger partial charge in [0.25, 0.3) is 0 Å². The fourth-order valence-corrected chi connectivity index (χ4v) is 7.72. The lowest BCUT2D eigenvalue weighted by atomic mass is 9.86. The monoisotopic (exact) mass is 566 g/mol. The van der Waals surface area contributed by atoms with E-state index in [1.165, 1.54) is 86.9 Å². The third-order valence-corrected chi connectivity index (χ3v) is 9.54. The van der Waals surface area contributed by atoms with Crippen molar-refractivity contribution in [3.63, 3.8) is 0 Å². The van der Waals surface area contributed by atoms with Gasteiger partial charge in [0.15, 0.2) is 0 Å². The van der Waals surface area contributed by atoms with Gasteiger partial charge in [0.05, 0.1) is 0 Å². The summed E-state index contributed by atoms with van der Waals surface area (Å²) in [6.07, 6.45) is 2.15. The Kier molecular flexibility index (Phi) is 6.42. The highest BCUT2D eigenvalue weighted by molar-refractivity contribution is 6.21. The van der Waals surface area contributed by atoms with Crippen molar-refractivity contribution < 1.29 is 0 Å². The fraction of sp³-hybridized carbons (Fsp3) is 0.182. The summed E-state index contributed by atoms with van der Waals surface area (Å²) in [6.45, 7) is 9.30. The highest BCUT2D eigenvalue weighted by atomic mass is 14.2. The van der Waals surface area contributed by atoms with Crippen LogP contribution in [0.1, 0.15) is 38.8 Å². The summed E-state index contributed by atoms with van der Waals surface area (Å²) in [6, 6.07) is 45.9. The van der Waals surface area contributed by atoms with E-state index >= 15 is 0 Å². The average Bonchev–Trinajstić information content (AvgIpc) is 3.03. The third-order valence-electron chi connectivity index (χ3n) is 9.54. The molecule has 0 unspecified atom stereocenters. The Labute approximate surface area is 259 Å². The number of hydrogen-bond donors (Lipinski definition) is 0. The standard InChI is InChI=1S/C44H38/c1-27(2)23-41-31-13-7-5-11-29(31)25-43-35-17-9-15-33(37(35)19-21-39(41)43)34-16-10-18-36-38(34)20-22-40-42(24-28(3)4)32-14-8-6-12-30(32)26-44(36)40/h5-22,25-28H,23-24H2,1-4H3. The van der Waals surface area contributed by atoms with Crippen LogP contribution in [-0.4, -0.2) is 0 Å². The van der Waals surface area contributed by atoms with Crippen molar-refractivity contribution in [1.82, 2.24) is 0 Å².